The minimum atomic E-state index is -0.416. The molecule has 1 saturated heterocycles. The first-order valence-electron chi connectivity index (χ1n) is 6.42. The third kappa shape index (κ3) is 2.38. The van der Waals surface area contributed by atoms with Crippen molar-refractivity contribution in [3.63, 3.8) is 0 Å². The summed E-state index contributed by atoms with van der Waals surface area (Å²) in [4.78, 5) is 20.7. The number of nitrogens with one attached hydrogen (secondary N) is 2. The number of fused-ring (bicyclic) bond motifs is 1. The molecule has 100 valence electrons. The lowest BCUT2D eigenvalue weighted by Crippen LogP contribution is -2.38. The van der Waals surface area contributed by atoms with Gasteiger partial charge in [0, 0.05) is 24.7 Å². The van der Waals surface area contributed by atoms with Crippen molar-refractivity contribution >= 4 is 22.8 Å². The van der Waals surface area contributed by atoms with Crippen LogP contribution in [0.5, 0.6) is 0 Å². The molecule has 3 heterocycles. The van der Waals surface area contributed by atoms with Gasteiger partial charge in [0.15, 0.2) is 0 Å². The van der Waals surface area contributed by atoms with Crippen LogP contribution in [0.15, 0.2) is 18.5 Å². The van der Waals surface area contributed by atoms with Crippen molar-refractivity contribution in [3.05, 3.63) is 24.3 Å². The molecule has 2 aromatic heterocycles. The molecule has 1 fully saturated rings. The van der Waals surface area contributed by atoms with Crippen LogP contribution in [0, 0.1) is 5.82 Å². The van der Waals surface area contributed by atoms with Crippen molar-refractivity contribution < 1.29 is 9.18 Å². The van der Waals surface area contributed by atoms with Gasteiger partial charge in [-0.2, -0.15) is 0 Å². The molecule has 6 heteroatoms. The van der Waals surface area contributed by atoms with Crippen LogP contribution in [-0.2, 0) is 0 Å². The van der Waals surface area contributed by atoms with Gasteiger partial charge in [0.2, 0.25) is 0 Å². The Hall–Kier alpha value is -2.11. The molecule has 1 aliphatic heterocycles. The molecular weight excluding hydrogens is 247 g/mol. The third-order valence-corrected chi connectivity index (χ3v) is 3.38. The van der Waals surface area contributed by atoms with E-state index < -0.39 is 5.82 Å². The Balaban J connectivity index is 1.80. The molecule has 19 heavy (non-hydrogen) atoms. The highest BCUT2D eigenvalue weighted by Crippen LogP contribution is 2.22. The fourth-order valence-electron chi connectivity index (χ4n) is 2.37. The molecule has 1 aliphatic rings. The Morgan fingerprint density at radius 2 is 2.16 bits per heavy atom. The number of aromatic amines is 1. The number of anilines is 1. The molecule has 0 spiro atoms. The Morgan fingerprint density at radius 1 is 1.37 bits per heavy atom. The van der Waals surface area contributed by atoms with E-state index in [9.17, 15) is 9.18 Å². The minimum absolute atomic E-state index is 0.134. The number of aromatic nitrogens is 2. The molecule has 0 bridgehead atoms. The number of nitrogens with zero attached hydrogens (tertiary/aromatic N) is 2. The topological polar surface area (TPSA) is 61.0 Å². The number of carbonyl (C=O) groups is 1. The number of halogens is 1. The predicted octanol–water partition coefficient (Wildman–Crippen LogP) is 2.72. The molecule has 3 rings (SSSR count). The maximum Gasteiger partial charge on any atom is 0.321 e. The van der Waals surface area contributed by atoms with Gasteiger partial charge in [0.05, 0.1) is 11.9 Å². The van der Waals surface area contributed by atoms with Gasteiger partial charge in [0.25, 0.3) is 0 Å². The Morgan fingerprint density at radius 3 is 2.95 bits per heavy atom. The maximum atomic E-state index is 13.2. The van der Waals surface area contributed by atoms with Crippen molar-refractivity contribution in [1.82, 2.24) is 14.9 Å². The van der Waals surface area contributed by atoms with E-state index in [1.54, 1.807) is 11.1 Å². The number of H-pyrrole nitrogens is 1. The summed E-state index contributed by atoms with van der Waals surface area (Å²) in [7, 11) is 0. The first-order chi connectivity index (χ1) is 9.24. The first kappa shape index (κ1) is 12.0. The highest BCUT2D eigenvalue weighted by atomic mass is 19.1. The molecule has 0 aromatic carbocycles. The van der Waals surface area contributed by atoms with E-state index in [4.69, 9.17) is 0 Å². The lowest BCUT2D eigenvalue weighted by atomic mass is 10.1. The maximum absolute atomic E-state index is 13.2. The van der Waals surface area contributed by atoms with Crippen molar-refractivity contribution in [1.29, 1.82) is 0 Å². The zero-order valence-electron chi connectivity index (χ0n) is 10.4. The zero-order chi connectivity index (χ0) is 13.2. The normalized spacial score (nSPS) is 15.7. The number of pyridine rings is 1. The average molecular weight is 262 g/mol. The van der Waals surface area contributed by atoms with Crippen molar-refractivity contribution in [3.8, 4) is 0 Å². The molecule has 0 saturated carbocycles. The summed E-state index contributed by atoms with van der Waals surface area (Å²) in [5, 5.41) is 3.40. The lowest BCUT2D eigenvalue weighted by Gasteiger charge is -2.26. The Labute approximate surface area is 109 Å². The van der Waals surface area contributed by atoms with Crippen LogP contribution in [0.3, 0.4) is 0 Å². The number of hydrogen-bond donors (Lipinski definition) is 2. The Kier molecular flexibility index (Phi) is 3.06. The molecule has 0 unspecified atom stereocenters. The molecule has 0 aliphatic carbocycles. The SMILES string of the molecule is O=C(Nc1c[nH]c2ncc(F)cc12)N1CCCCC1. The van der Waals surface area contributed by atoms with Crippen LogP contribution < -0.4 is 5.32 Å². The Bertz CT molecular complexity index is 604. The largest absolute Gasteiger partial charge is 0.344 e. The second kappa shape index (κ2) is 4.87. The van der Waals surface area contributed by atoms with Crippen molar-refractivity contribution in [2.24, 2.45) is 0 Å². The first-order valence-corrected chi connectivity index (χ1v) is 6.42. The van der Waals surface area contributed by atoms with Crippen molar-refractivity contribution in [2.45, 2.75) is 19.3 Å². The van der Waals surface area contributed by atoms with E-state index in [1.165, 1.54) is 12.5 Å². The molecule has 0 radical (unpaired) electrons. The molecule has 2 N–H and O–H groups in total. The van der Waals surface area contributed by atoms with Gasteiger partial charge in [-0.3, -0.25) is 0 Å². The van der Waals surface area contributed by atoms with Gasteiger partial charge in [-0.15, -0.1) is 0 Å². The molecule has 0 atom stereocenters. The third-order valence-electron chi connectivity index (χ3n) is 3.38. The lowest BCUT2D eigenvalue weighted by molar-refractivity contribution is 0.200. The summed E-state index contributed by atoms with van der Waals surface area (Å²) < 4.78 is 13.2. The van der Waals surface area contributed by atoms with E-state index in [0.717, 1.165) is 32.1 Å². The van der Waals surface area contributed by atoms with Crippen LogP contribution in [0.2, 0.25) is 0 Å². The van der Waals surface area contributed by atoms with E-state index in [-0.39, 0.29) is 6.03 Å². The quantitative estimate of drug-likeness (QED) is 0.830. The number of amides is 2. The van der Waals surface area contributed by atoms with Crippen molar-refractivity contribution in [2.75, 3.05) is 18.4 Å². The summed E-state index contributed by atoms with van der Waals surface area (Å²) in [6, 6.07) is 1.23. The van der Waals surface area contributed by atoms with Gasteiger partial charge >= 0.3 is 6.03 Å². The number of piperidine rings is 1. The average Bonchev–Trinajstić information content (AvgIpc) is 2.82. The molecule has 5 nitrogen and oxygen atoms in total. The highest BCUT2D eigenvalue weighted by molar-refractivity contribution is 5.99. The number of carbonyl (C=O) groups excluding carboxylic acids is 1. The van der Waals surface area contributed by atoms with Gasteiger partial charge in [-0.05, 0) is 25.3 Å². The summed E-state index contributed by atoms with van der Waals surface area (Å²) in [5.74, 6) is -0.416. The standard InChI is InChI=1S/C13H15FN4O/c14-9-6-10-11(8-16-12(10)15-7-9)17-13(19)18-4-2-1-3-5-18/h6-8H,1-5H2,(H,15,16)(H,17,19). The van der Waals surface area contributed by atoms with Gasteiger partial charge in [-0.1, -0.05) is 0 Å². The van der Waals surface area contributed by atoms with Gasteiger partial charge in [-0.25, -0.2) is 14.2 Å². The monoisotopic (exact) mass is 262 g/mol. The number of hydrogen-bond acceptors (Lipinski definition) is 2. The molecule has 2 amide bonds. The summed E-state index contributed by atoms with van der Waals surface area (Å²) in [5.41, 5.74) is 1.13. The highest BCUT2D eigenvalue weighted by Gasteiger charge is 2.17. The van der Waals surface area contributed by atoms with Crippen LogP contribution in [0.4, 0.5) is 14.9 Å². The fraction of sp³-hybridized carbons (Fsp3) is 0.385. The molecular formula is C13H15FN4O. The van der Waals surface area contributed by atoms with E-state index >= 15 is 0 Å². The van der Waals surface area contributed by atoms with E-state index in [0.29, 0.717) is 16.7 Å². The number of urea groups is 1. The van der Waals surface area contributed by atoms with Gasteiger partial charge < -0.3 is 15.2 Å². The fourth-order valence-corrected chi connectivity index (χ4v) is 2.37. The molecule has 2 aromatic rings. The summed E-state index contributed by atoms with van der Waals surface area (Å²) >= 11 is 0. The predicted molar refractivity (Wildman–Crippen MR) is 70.5 cm³/mol. The van der Waals surface area contributed by atoms with Crippen LogP contribution in [0.25, 0.3) is 11.0 Å². The zero-order valence-corrected chi connectivity index (χ0v) is 10.4. The summed E-state index contributed by atoms with van der Waals surface area (Å²) in [6.45, 7) is 1.56. The number of rotatable bonds is 1. The smallest absolute Gasteiger partial charge is 0.321 e. The van der Waals surface area contributed by atoms with Crippen LogP contribution >= 0.6 is 0 Å². The number of likely N-dealkylation sites (tertiary alicyclic amines) is 1. The van der Waals surface area contributed by atoms with E-state index in [2.05, 4.69) is 15.3 Å². The van der Waals surface area contributed by atoms with E-state index in [1.807, 2.05) is 0 Å². The minimum Gasteiger partial charge on any atom is -0.344 e. The van der Waals surface area contributed by atoms with Crippen LogP contribution in [0.1, 0.15) is 19.3 Å². The second-order valence-electron chi connectivity index (χ2n) is 4.73. The second-order valence-corrected chi connectivity index (χ2v) is 4.73. The van der Waals surface area contributed by atoms with Crippen LogP contribution in [-0.4, -0.2) is 34.0 Å². The summed E-state index contributed by atoms with van der Waals surface area (Å²) in [6.07, 6.45) is 6.04. The van der Waals surface area contributed by atoms with Gasteiger partial charge in [0.1, 0.15) is 11.5 Å².